The second-order valence-corrected chi connectivity index (χ2v) is 7.31. The first-order valence-electron chi connectivity index (χ1n) is 9.69. The molecule has 32 heavy (non-hydrogen) atoms. The number of hydrogen-bond donors (Lipinski definition) is 3. The molecular weight excluding hydrogens is 418 g/mol. The summed E-state index contributed by atoms with van der Waals surface area (Å²) in [6, 6.07) is 6.41. The van der Waals surface area contributed by atoms with Crippen molar-refractivity contribution in [2.75, 3.05) is 12.3 Å². The molecule has 1 atom stereocenters. The molecule has 3 aromatic rings. The van der Waals surface area contributed by atoms with Crippen molar-refractivity contribution < 1.29 is 19.1 Å². The Bertz CT molecular complexity index is 1330. The number of nitrogens with two attached hydrogens (primary N) is 1. The highest BCUT2D eigenvalue weighted by molar-refractivity contribution is 6.01. The van der Waals surface area contributed by atoms with Gasteiger partial charge in [0.25, 0.3) is 5.56 Å². The van der Waals surface area contributed by atoms with Gasteiger partial charge in [-0.3, -0.25) is 23.5 Å². The summed E-state index contributed by atoms with van der Waals surface area (Å²) in [5.74, 6) is -2.48. The number of rotatable bonds is 7. The van der Waals surface area contributed by atoms with Gasteiger partial charge in [-0.2, -0.15) is 0 Å². The zero-order valence-corrected chi connectivity index (χ0v) is 17.8. The van der Waals surface area contributed by atoms with Gasteiger partial charge >= 0.3 is 11.7 Å². The summed E-state index contributed by atoms with van der Waals surface area (Å²) in [5, 5.41) is 3.40. The molecule has 3 rings (SSSR count). The molecule has 11 heteroatoms. The minimum absolute atomic E-state index is 0.125. The number of anilines is 1. The van der Waals surface area contributed by atoms with E-state index < -0.39 is 47.1 Å². The van der Waals surface area contributed by atoms with Crippen LogP contribution in [-0.4, -0.2) is 44.4 Å². The van der Waals surface area contributed by atoms with Crippen molar-refractivity contribution in [2.24, 2.45) is 14.1 Å². The van der Waals surface area contributed by atoms with Crippen LogP contribution in [0.4, 0.5) is 5.82 Å². The van der Waals surface area contributed by atoms with E-state index >= 15 is 0 Å². The van der Waals surface area contributed by atoms with Gasteiger partial charge in [-0.1, -0.05) is 18.2 Å². The van der Waals surface area contributed by atoms with Crippen molar-refractivity contribution in [3.05, 3.63) is 62.4 Å². The zero-order valence-electron chi connectivity index (χ0n) is 17.8. The molecule has 1 aromatic carbocycles. The number of carbonyl (C=O) groups excluding carboxylic acids is 3. The van der Waals surface area contributed by atoms with Crippen LogP contribution in [0.3, 0.4) is 0 Å². The first kappa shape index (κ1) is 22.5. The number of fused-ring (bicyclic) bond motifs is 1. The first-order valence-corrected chi connectivity index (χ1v) is 9.69. The van der Waals surface area contributed by atoms with E-state index in [-0.39, 0.29) is 12.2 Å². The molecule has 0 aliphatic heterocycles. The fourth-order valence-electron chi connectivity index (χ4n) is 3.39. The summed E-state index contributed by atoms with van der Waals surface area (Å²) >= 11 is 0. The molecule has 168 valence electrons. The summed E-state index contributed by atoms with van der Waals surface area (Å²) in [6.07, 6.45) is 1.85. The minimum Gasteiger partial charge on any atom is -0.456 e. The van der Waals surface area contributed by atoms with Gasteiger partial charge in [0.05, 0.1) is 0 Å². The highest BCUT2D eigenvalue weighted by atomic mass is 16.5. The molecule has 0 aliphatic rings. The van der Waals surface area contributed by atoms with E-state index in [0.717, 1.165) is 25.6 Å². The third-order valence-corrected chi connectivity index (χ3v) is 5.10. The lowest BCUT2D eigenvalue weighted by Gasteiger charge is -2.17. The molecule has 0 aliphatic carbocycles. The number of esters is 1. The zero-order chi connectivity index (χ0) is 23.6. The quantitative estimate of drug-likeness (QED) is 0.333. The SMILES string of the molecule is CC(=O)N[C@@H](Cc1c[nH]c2ccccc12)C(=O)OCC(=O)c1c(N)n(C)c(=O)n(C)c1=O. The summed E-state index contributed by atoms with van der Waals surface area (Å²) in [6.45, 7) is 0.482. The number of nitrogen functional groups attached to an aromatic ring is 1. The van der Waals surface area contributed by atoms with Crippen LogP contribution < -0.4 is 22.3 Å². The molecule has 0 fully saturated rings. The number of nitrogens with one attached hydrogen (secondary N) is 2. The molecule has 0 radical (unpaired) electrons. The molecule has 0 saturated heterocycles. The van der Waals surface area contributed by atoms with Gasteiger partial charge in [-0.15, -0.1) is 0 Å². The molecule has 0 saturated carbocycles. The number of amides is 1. The molecule has 4 N–H and O–H groups in total. The molecular formula is C21H23N5O6. The van der Waals surface area contributed by atoms with Crippen LogP contribution in [0.1, 0.15) is 22.8 Å². The Labute approximate surface area is 181 Å². The van der Waals surface area contributed by atoms with E-state index in [1.165, 1.54) is 21.0 Å². The van der Waals surface area contributed by atoms with E-state index in [1.54, 1.807) is 6.20 Å². The van der Waals surface area contributed by atoms with Gasteiger partial charge in [-0.05, 0) is 11.6 Å². The smallest absolute Gasteiger partial charge is 0.332 e. The number of ketones is 1. The average molecular weight is 441 g/mol. The first-order chi connectivity index (χ1) is 15.1. The average Bonchev–Trinajstić information content (AvgIpc) is 3.17. The van der Waals surface area contributed by atoms with Crippen LogP contribution in [0, 0.1) is 0 Å². The van der Waals surface area contributed by atoms with Crippen molar-refractivity contribution in [3.8, 4) is 0 Å². The Morgan fingerprint density at radius 2 is 1.84 bits per heavy atom. The molecule has 0 bridgehead atoms. The topological polar surface area (TPSA) is 158 Å². The van der Waals surface area contributed by atoms with Crippen molar-refractivity contribution in [3.63, 3.8) is 0 Å². The number of nitrogens with zero attached hydrogens (tertiary/aromatic N) is 2. The van der Waals surface area contributed by atoms with Gasteiger partial charge in [0.2, 0.25) is 11.7 Å². The summed E-state index contributed by atoms with van der Waals surface area (Å²) in [7, 11) is 2.52. The molecule has 0 spiro atoms. The van der Waals surface area contributed by atoms with Crippen LogP contribution in [0.5, 0.6) is 0 Å². The van der Waals surface area contributed by atoms with Gasteiger partial charge < -0.3 is 20.8 Å². The summed E-state index contributed by atoms with van der Waals surface area (Å²) in [4.78, 5) is 64.1. The lowest BCUT2D eigenvalue weighted by Crippen LogP contribution is -2.44. The summed E-state index contributed by atoms with van der Waals surface area (Å²) in [5.41, 5.74) is 5.38. The fourth-order valence-corrected chi connectivity index (χ4v) is 3.39. The normalized spacial score (nSPS) is 11.8. The number of aromatic nitrogens is 3. The van der Waals surface area contributed by atoms with Crippen LogP contribution in [0.2, 0.25) is 0 Å². The largest absolute Gasteiger partial charge is 0.456 e. The van der Waals surface area contributed by atoms with E-state index in [1.807, 2.05) is 24.3 Å². The molecule has 11 nitrogen and oxygen atoms in total. The van der Waals surface area contributed by atoms with E-state index in [2.05, 4.69) is 10.3 Å². The summed E-state index contributed by atoms with van der Waals surface area (Å²) < 4.78 is 6.79. The number of aromatic amines is 1. The Morgan fingerprint density at radius 1 is 1.16 bits per heavy atom. The molecule has 0 unspecified atom stereocenters. The van der Waals surface area contributed by atoms with Crippen molar-refractivity contribution in [1.29, 1.82) is 0 Å². The van der Waals surface area contributed by atoms with Gasteiger partial charge in [-0.25, -0.2) is 9.59 Å². The fraction of sp³-hybridized carbons (Fsp3) is 0.286. The highest BCUT2D eigenvalue weighted by Crippen LogP contribution is 2.19. The van der Waals surface area contributed by atoms with E-state index in [4.69, 9.17) is 10.5 Å². The Balaban J connectivity index is 1.79. The van der Waals surface area contributed by atoms with Gasteiger partial charge in [0.1, 0.15) is 17.4 Å². The number of para-hydroxylation sites is 1. The Hall–Kier alpha value is -4.15. The van der Waals surface area contributed by atoms with Crippen LogP contribution in [-0.2, 0) is 34.8 Å². The number of ether oxygens (including phenoxy) is 1. The Kier molecular flexibility index (Phi) is 6.28. The molecule has 2 heterocycles. The van der Waals surface area contributed by atoms with Crippen molar-refractivity contribution in [2.45, 2.75) is 19.4 Å². The maximum Gasteiger partial charge on any atom is 0.332 e. The molecule has 2 aromatic heterocycles. The van der Waals surface area contributed by atoms with Crippen molar-refractivity contribution in [1.82, 2.24) is 19.4 Å². The maximum atomic E-state index is 12.7. The number of H-pyrrole nitrogens is 1. The van der Waals surface area contributed by atoms with E-state index in [9.17, 15) is 24.0 Å². The van der Waals surface area contributed by atoms with E-state index in [0.29, 0.717) is 0 Å². The predicted octanol–water partition coefficient (Wildman–Crippen LogP) is -0.379. The molecule has 1 amide bonds. The second-order valence-electron chi connectivity index (χ2n) is 7.31. The number of hydrogen-bond acceptors (Lipinski definition) is 7. The third-order valence-electron chi connectivity index (χ3n) is 5.10. The second kappa shape index (κ2) is 8.92. The predicted molar refractivity (Wildman–Crippen MR) is 116 cm³/mol. The maximum absolute atomic E-state index is 12.7. The number of benzene rings is 1. The van der Waals surface area contributed by atoms with Crippen LogP contribution in [0.15, 0.2) is 40.1 Å². The lowest BCUT2D eigenvalue weighted by atomic mass is 10.0. The monoisotopic (exact) mass is 441 g/mol. The number of carbonyl (C=O) groups is 3. The minimum atomic E-state index is -1.06. The lowest BCUT2D eigenvalue weighted by molar-refractivity contribution is -0.146. The van der Waals surface area contributed by atoms with Crippen molar-refractivity contribution >= 4 is 34.4 Å². The Morgan fingerprint density at radius 3 is 2.53 bits per heavy atom. The standard InChI is InChI=1S/C21H23N5O6/c1-11(27)24-15(8-12-9-23-14-7-5-4-6-13(12)14)20(30)32-10-16(28)17-18(22)25(2)21(31)26(3)19(17)29/h4-7,9,15,23H,8,10,22H2,1-3H3,(H,24,27)/t15-/m0/s1. The van der Waals surface area contributed by atoms with Crippen LogP contribution >= 0.6 is 0 Å². The number of Topliss-reactive ketones (excluding diaryl/α,β-unsaturated/α-hetero) is 1. The van der Waals surface area contributed by atoms with Gasteiger partial charge in [0.15, 0.2) is 6.61 Å². The van der Waals surface area contributed by atoms with Gasteiger partial charge in [0, 0.05) is 44.5 Å². The van der Waals surface area contributed by atoms with Crippen LogP contribution in [0.25, 0.3) is 10.9 Å². The highest BCUT2D eigenvalue weighted by Gasteiger charge is 2.26. The third kappa shape index (κ3) is 4.31.